The van der Waals surface area contributed by atoms with Crippen molar-refractivity contribution in [2.24, 2.45) is 0 Å². The van der Waals surface area contributed by atoms with Crippen molar-refractivity contribution in [1.82, 2.24) is 5.32 Å². The zero-order chi connectivity index (χ0) is 12.7. The minimum atomic E-state index is -0.571. The summed E-state index contributed by atoms with van der Waals surface area (Å²) in [7, 11) is 1.28. The van der Waals surface area contributed by atoms with E-state index in [0.29, 0.717) is 6.42 Å². The maximum absolute atomic E-state index is 11.3. The van der Waals surface area contributed by atoms with E-state index in [9.17, 15) is 9.59 Å². The Balaban J connectivity index is 2.50. The molecule has 0 aliphatic heterocycles. The summed E-state index contributed by atoms with van der Waals surface area (Å²) in [4.78, 5) is 22.4. The van der Waals surface area contributed by atoms with Gasteiger partial charge in [-0.15, -0.1) is 0 Å². The molecule has 1 aromatic rings. The zero-order valence-corrected chi connectivity index (χ0v) is 10.1. The number of alkyl carbamates (subject to hydrolysis) is 1. The molecule has 0 radical (unpaired) electrons. The van der Waals surface area contributed by atoms with Crippen molar-refractivity contribution < 1.29 is 14.3 Å². The lowest BCUT2D eigenvalue weighted by Gasteiger charge is -2.14. The number of hydrogen-bond acceptors (Lipinski definition) is 3. The van der Waals surface area contributed by atoms with Gasteiger partial charge in [-0.05, 0) is 25.3 Å². The Morgan fingerprint density at radius 3 is 2.47 bits per heavy atom. The van der Waals surface area contributed by atoms with Crippen LogP contribution in [0.25, 0.3) is 0 Å². The van der Waals surface area contributed by atoms with Gasteiger partial charge in [0.2, 0.25) is 0 Å². The summed E-state index contributed by atoms with van der Waals surface area (Å²) in [6.45, 7) is 1.46. The molecule has 0 aromatic heterocycles. The fourth-order valence-electron chi connectivity index (χ4n) is 1.53. The molecule has 17 heavy (non-hydrogen) atoms. The zero-order valence-electron chi connectivity index (χ0n) is 10.1. The second-order valence-electron chi connectivity index (χ2n) is 3.82. The Kier molecular flexibility index (Phi) is 5.20. The van der Waals surface area contributed by atoms with E-state index in [-0.39, 0.29) is 5.78 Å². The number of aryl methyl sites for hydroxylation is 1. The molecule has 0 unspecified atom stereocenters. The second kappa shape index (κ2) is 6.68. The molecule has 92 valence electrons. The van der Waals surface area contributed by atoms with Crippen molar-refractivity contribution in [2.45, 2.75) is 25.8 Å². The van der Waals surface area contributed by atoms with Crippen molar-refractivity contribution in [3.8, 4) is 0 Å². The summed E-state index contributed by atoms with van der Waals surface area (Å²) >= 11 is 0. The summed E-state index contributed by atoms with van der Waals surface area (Å²) in [5.41, 5.74) is 1.14. The van der Waals surface area contributed by atoms with Gasteiger partial charge in [-0.3, -0.25) is 4.79 Å². The Hall–Kier alpha value is -1.84. The van der Waals surface area contributed by atoms with Crippen LogP contribution in [-0.2, 0) is 16.0 Å². The van der Waals surface area contributed by atoms with Gasteiger partial charge in [0.25, 0.3) is 0 Å². The molecular weight excluding hydrogens is 218 g/mol. The average molecular weight is 235 g/mol. The van der Waals surface area contributed by atoms with Gasteiger partial charge in [0.15, 0.2) is 5.78 Å². The van der Waals surface area contributed by atoms with Crippen LogP contribution in [0.2, 0.25) is 0 Å². The van der Waals surface area contributed by atoms with E-state index in [2.05, 4.69) is 10.1 Å². The molecule has 0 bridgehead atoms. The summed E-state index contributed by atoms with van der Waals surface area (Å²) in [6.07, 6.45) is 0.752. The molecule has 1 aromatic carbocycles. The maximum Gasteiger partial charge on any atom is 0.407 e. The number of hydrogen-bond donors (Lipinski definition) is 1. The van der Waals surface area contributed by atoms with E-state index in [1.54, 1.807) is 0 Å². The lowest BCUT2D eigenvalue weighted by atomic mass is 10.0. The Bertz CT molecular complexity index is 376. The van der Waals surface area contributed by atoms with E-state index in [1.165, 1.54) is 14.0 Å². The quantitative estimate of drug-likeness (QED) is 0.848. The third kappa shape index (κ3) is 4.68. The van der Waals surface area contributed by atoms with Gasteiger partial charge in [-0.25, -0.2) is 4.79 Å². The average Bonchev–Trinajstić information content (AvgIpc) is 2.35. The van der Waals surface area contributed by atoms with Crippen molar-refractivity contribution in [2.75, 3.05) is 7.11 Å². The van der Waals surface area contributed by atoms with Gasteiger partial charge in [-0.2, -0.15) is 0 Å². The van der Waals surface area contributed by atoms with Crippen molar-refractivity contribution in [1.29, 1.82) is 0 Å². The molecule has 0 saturated heterocycles. The van der Waals surface area contributed by atoms with E-state index in [0.717, 1.165) is 12.0 Å². The Labute approximate surface area is 101 Å². The number of rotatable bonds is 5. The molecule has 0 saturated carbocycles. The van der Waals surface area contributed by atoms with Crippen LogP contribution in [0.5, 0.6) is 0 Å². The number of ether oxygens (including phenoxy) is 1. The van der Waals surface area contributed by atoms with Crippen LogP contribution in [0.1, 0.15) is 18.9 Å². The number of carbonyl (C=O) groups excluding carboxylic acids is 2. The molecule has 0 spiro atoms. The van der Waals surface area contributed by atoms with Crippen molar-refractivity contribution in [3.05, 3.63) is 35.9 Å². The SMILES string of the molecule is COC(=O)N[C@@H](CCc1ccccc1)C(C)=O. The number of methoxy groups -OCH3 is 1. The number of nitrogens with one attached hydrogen (secondary N) is 1. The highest BCUT2D eigenvalue weighted by Gasteiger charge is 2.16. The van der Waals surface area contributed by atoms with E-state index in [4.69, 9.17) is 0 Å². The van der Waals surface area contributed by atoms with Crippen molar-refractivity contribution in [3.63, 3.8) is 0 Å². The second-order valence-corrected chi connectivity index (χ2v) is 3.82. The molecule has 1 atom stereocenters. The van der Waals surface area contributed by atoms with Gasteiger partial charge >= 0.3 is 6.09 Å². The predicted molar refractivity (Wildman–Crippen MR) is 64.8 cm³/mol. The number of amides is 1. The first-order valence-corrected chi connectivity index (χ1v) is 5.52. The summed E-state index contributed by atoms with van der Waals surface area (Å²) in [5, 5.41) is 2.53. The summed E-state index contributed by atoms with van der Waals surface area (Å²) in [6, 6.07) is 9.35. The van der Waals surface area contributed by atoms with Gasteiger partial charge in [0.05, 0.1) is 13.2 Å². The fraction of sp³-hybridized carbons (Fsp3) is 0.385. The predicted octanol–water partition coefficient (Wildman–Crippen LogP) is 1.93. The highest BCUT2D eigenvalue weighted by Crippen LogP contribution is 2.05. The van der Waals surface area contributed by atoms with Crippen LogP contribution in [-0.4, -0.2) is 25.0 Å². The van der Waals surface area contributed by atoms with Crippen molar-refractivity contribution >= 4 is 11.9 Å². The minimum Gasteiger partial charge on any atom is -0.453 e. The monoisotopic (exact) mass is 235 g/mol. The van der Waals surface area contributed by atoms with E-state index < -0.39 is 12.1 Å². The lowest BCUT2D eigenvalue weighted by molar-refractivity contribution is -0.119. The number of ketones is 1. The summed E-state index contributed by atoms with van der Waals surface area (Å²) in [5.74, 6) is -0.0636. The van der Waals surface area contributed by atoms with Crippen LogP contribution < -0.4 is 5.32 Å². The van der Waals surface area contributed by atoms with Crippen LogP contribution in [0.15, 0.2) is 30.3 Å². The number of benzene rings is 1. The topological polar surface area (TPSA) is 55.4 Å². The highest BCUT2D eigenvalue weighted by molar-refractivity contribution is 5.85. The molecule has 4 heteroatoms. The number of carbonyl (C=O) groups is 2. The maximum atomic E-state index is 11.3. The largest absolute Gasteiger partial charge is 0.453 e. The first-order chi connectivity index (χ1) is 8.13. The number of Topliss-reactive ketones (excluding diaryl/α,β-unsaturated/α-hetero) is 1. The third-order valence-electron chi connectivity index (χ3n) is 2.53. The Morgan fingerprint density at radius 1 is 1.29 bits per heavy atom. The molecule has 4 nitrogen and oxygen atoms in total. The van der Waals surface area contributed by atoms with Gasteiger partial charge in [0.1, 0.15) is 0 Å². The normalized spacial score (nSPS) is 11.6. The minimum absolute atomic E-state index is 0.0636. The van der Waals surface area contributed by atoms with Crippen LogP contribution in [0.4, 0.5) is 4.79 Å². The first-order valence-electron chi connectivity index (χ1n) is 5.52. The first kappa shape index (κ1) is 13.2. The van der Waals surface area contributed by atoms with E-state index in [1.807, 2.05) is 30.3 Å². The smallest absolute Gasteiger partial charge is 0.407 e. The third-order valence-corrected chi connectivity index (χ3v) is 2.53. The van der Waals surface area contributed by atoms with E-state index >= 15 is 0 Å². The molecule has 0 aliphatic rings. The standard InChI is InChI=1S/C13H17NO3/c1-10(15)12(14-13(16)17-2)9-8-11-6-4-3-5-7-11/h3-7,12H,8-9H2,1-2H3,(H,14,16)/t12-/m0/s1. The van der Waals surface area contributed by atoms with Crippen LogP contribution in [0.3, 0.4) is 0 Å². The fourth-order valence-corrected chi connectivity index (χ4v) is 1.53. The van der Waals surface area contributed by atoms with Crippen LogP contribution in [0, 0.1) is 0 Å². The van der Waals surface area contributed by atoms with Gasteiger partial charge in [0, 0.05) is 0 Å². The molecular formula is C13H17NO3. The molecule has 0 heterocycles. The Morgan fingerprint density at radius 2 is 1.94 bits per heavy atom. The van der Waals surface area contributed by atoms with Gasteiger partial charge in [-0.1, -0.05) is 30.3 Å². The van der Waals surface area contributed by atoms with Crippen LogP contribution >= 0.6 is 0 Å². The lowest BCUT2D eigenvalue weighted by Crippen LogP contribution is -2.40. The van der Waals surface area contributed by atoms with Gasteiger partial charge < -0.3 is 10.1 Å². The molecule has 0 fully saturated rings. The molecule has 0 aliphatic carbocycles. The highest BCUT2D eigenvalue weighted by atomic mass is 16.5. The summed E-state index contributed by atoms with van der Waals surface area (Å²) < 4.78 is 4.48. The molecule has 1 rings (SSSR count). The molecule has 1 amide bonds. The molecule has 1 N–H and O–H groups in total.